The zero-order chi connectivity index (χ0) is 16.4. The molecule has 0 spiro atoms. The lowest BCUT2D eigenvalue weighted by molar-refractivity contribution is -0.0287. The van der Waals surface area contributed by atoms with Crippen molar-refractivity contribution in [2.75, 3.05) is 13.1 Å². The van der Waals surface area contributed by atoms with Crippen LogP contribution in [0.2, 0.25) is 0 Å². The first-order chi connectivity index (χ1) is 10.7. The summed E-state index contributed by atoms with van der Waals surface area (Å²) in [4.78, 5) is 0. The minimum absolute atomic E-state index is 0.0314. The Kier molecular flexibility index (Phi) is 8.10. The van der Waals surface area contributed by atoms with Crippen molar-refractivity contribution >= 4 is 12.6 Å². The minimum Gasteiger partial charge on any atom is -0.438 e. The lowest BCUT2D eigenvalue weighted by Crippen LogP contribution is -2.38. The van der Waals surface area contributed by atoms with E-state index in [2.05, 4.69) is 35.7 Å². The fourth-order valence-electron chi connectivity index (χ4n) is 2.06. The maximum absolute atomic E-state index is 5.91. The molecule has 2 rings (SSSR count). The average Bonchev–Trinajstić information content (AvgIpc) is 2.56. The number of nitrogens with one attached hydrogen (secondary N) is 1. The third-order valence-corrected chi connectivity index (χ3v) is 2.95. The van der Waals surface area contributed by atoms with E-state index in [1.54, 1.807) is 0 Å². The molecule has 0 aliphatic carbocycles. The first kappa shape index (κ1) is 18.1. The number of morpholine rings is 1. The van der Waals surface area contributed by atoms with E-state index in [0.29, 0.717) is 11.6 Å². The van der Waals surface area contributed by atoms with Gasteiger partial charge in [0.2, 0.25) is 5.90 Å². The number of ether oxygens (including phenoxy) is 2. The van der Waals surface area contributed by atoms with Crippen LogP contribution in [0.4, 0.5) is 0 Å². The summed E-state index contributed by atoms with van der Waals surface area (Å²) in [6.45, 7) is 14.6. The predicted octanol–water partition coefficient (Wildman–Crippen LogP) is 3.34. The van der Waals surface area contributed by atoms with E-state index in [1.807, 2.05) is 38.1 Å². The van der Waals surface area contributed by atoms with Gasteiger partial charge in [0.25, 0.3) is 0 Å². The molecule has 1 fully saturated rings. The third kappa shape index (κ3) is 5.42. The van der Waals surface area contributed by atoms with Crippen LogP contribution in [-0.2, 0) is 4.74 Å². The van der Waals surface area contributed by atoms with Crippen molar-refractivity contribution in [2.45, 2.75) is 33.0 Å². The largest absolute Gasteiger partial charge is 0.438 e. The van der Waals surface area contributed by atoms with Crippen molar-refractivity contribution in [1.29, 1.82) is 0 Å². The minimum atomic E-state index is 0.0314. The molecule has 1 aliphatic heterocycles. The second kappa shape index (κ2) is 9.87. The van der Waals surface area contributed by atoms with Gasteiger partial charge in [-0.15, -0.1) is 5.10 Å². The molecule has 1 aliphatic rings. The van der Waals surface area contributed by atoms with Crippen molar-refractivity contribution in [3.05, 3.63) is 42.5 Å². The summed E-state index contributed by atoms with van der Waals surface area (Å²) in [5.74, 6) is 0.986. The molecule has 0 amide bonds. The third-order valence-electron chi connectivity index (χ3n) is 2.95. The molecule has 2 atom stereocenters. The summed E-state index contributed by atoms with van der Waals surface area (Å²) in [6.07, 6.45) is 1.72. The Bertz CT molecular complexity index is 514. The van der Waals surface area contributed by atoms with Crippen LogP contribution in [0.1, 0.15) is 32.4 Å². The topological polar surface area (TPSA) is 55.2 Å². The lowest BCUT2D eigenvalue weighted by atomic mass is 10.1. The normalized spacial score (nSPS) is 21.3. The first-order valence-corrected chi connectivity index (χ1v) is 7.53. The van der Waals surface area contributed by atoms with Crippen LogP contribution in [-0.4, -0.2) is 31.8 Å². The van der Waals surface area contributed by atoms with E-state index in [-0.39, 0.29) is 12.2 Å². The van der Waals surface area contributed by atoms with Gasteiger partial charge in [-0.1, -0.05) is 32.6 Å². The molecule has 5 nitrogen and oxygen atoms in total. The number of benzene rings is 1. The summed E-state index contributed by atoms with van der Waals surface area (Å²) in [7, 11) is 0. The fraction of sp³-hybridized carbons (Fsp3) is 0.412. The van der Waals surface area contributed by atoms with Crippen LogP contribution in [0, 0.1) is 0 Å². The Labute approximate surface area is 132 Å². The van der Waals surface area contributed by atoms with Crippen LogP contribution in [0.3, 0.4) is 0 Å². The number of rotatable bonds is 4. The molecular formula is C17H25N3O2. The van der Waals surface area contributed by atoms with Crippen molar-refractivity contribution in [3.8, 4) is 5.75 Å². The Hall–Kier alpha value is -1.98. The smallest absolute Gasteiger partial charge is 0.238 e. The van der Waals surface area contributed by atoms with E-state index in [1.165, 1.54) is 6.08 Å². The molecule has 0 bridgehead atoms. The quantitative estimate of drug-likeness (QED) is 0.527. The summed E-state index contributed by atoms with van der Waals surface area (Å²) < 4.78 is 11.5. The molecule has 22 heavy (non-hydrogen) atoms. The van der Waals surface area contributed by atoms with Crippen LogP contribution >= 0.6 is 0 Å². The highest BCUT2D eigenvalue weighted by atomic mass is 16.5. The predicted molar refractivity (Wildman–Crippen MR) is 91.8 cm³/mol. The Morgan fingerprint density at radius 1 is 1.41 bits per heavy atom. The molecule has 5 heteroatoms. The molecule has 0 radical (unpaired) electrons. The van der Waals surface area contributed by atoms with Gasteiger partial charge in [0.15, 0.2) is 0 Å². The van der Waals surface area contributed by atoms with Crippen LogP contribution in [0.5, 0.6) is 5.75 Å². The zero-order valence-corrected chi connectivity index (χ0v) is 13.6. The van der Waals surface area contributed by atoms with E-state index >= 15 is 0 Å². The van der Waals surface area contributed by atoms with Gasteiger partial charge in [0.05, 0.1) is 12.2 Å². The molecule has 1 heterocycles. The van der Waals surface area contributed by atoms with Gasteiger partial charge >= 0.3 is 0 Å². The summed E-state index contributed by atoms with van der Waals surface area (Å²) >= 11 is 0. The van der Waals surface area contributed by atoms with E-state index in [0.717, 1.165) is 18.7 Å². The van der Waals surface area contributed by atoms with Crippen LogP contribution in [0.15, 0.2) is 47.1 Å². The monoisotopic (exact) mass is 303 g/mol. The van der Waals surface area contributed by atoms with Crippen molar-refractivity contribution in [1.82, 2.24) is 5.32 Å². The summed E-state index contributed by atoms with van der Waals surface area (Å²) in [6, 6.07) is 7.74. The van der Waals surface area contributed by atoms with Crippen LogP contribution in [0.25, 0.3) is 0 Å². The second-order valence-corrected chi connectivity index (χ2v) is 4.55. The maximum Gasteiger partial charge on any atom is 0.238 e. The molecule has 120 valence electrons. The van der Waals surface area contributed by atoms with Crippen molar-refractivity contribution in [2.24, 2.45) is 10.2 Å². The molecule has 1 aromatic rings. The number of hydrogen-bond donors (Lipinski definition) is 1. The highest BCUT2D eigenvalue weighted by Crippen LogP contribution is 2.24. The standard InChI is InChI=1S/C15H19N3O2.C2H6/c1-4-15(18-16-3)20-13-7-5-6-12(8-13)14-10-17-9-11(2)19-14;1-2/h4-8,11,14,17H,1,3,9-10H2,2H3;1-2H3/b18-15+;. The molecule has 1 saturated heterocycles. The zero-order valence-electron chi connectivity index (χ0n) is 13.6. The highest BCUT2D eigenvalue weighted by Gasteiger charge is 2.20. The molecule has 0 aromatic heterocycles. The molecule has 2 unspecified atom stereocenters. The van der Waals surface area contributed by atoms with Gasteiger partial charge in [0.1, 0.15) is 5.75 Å². The van der Waals surface area contributed by atoms with Gasteiger partial charge in [-0.25, -0.2) is 0 Å². The SMILES string of the molecule is C=C/C(=N\N=C)Oc1cccc(C2CNCC(C)O2)c1.CC. The number of nitrogens with zero attached hydrogens (tertiary/aromatic N) is 2. The van der Waals surface area contributed by atoms with Crippen LogP contribution < -0.4 is 10.1 Å². The highest BCUT2D eigenvalue weighted by molar-refractivity contribution is 5.88. The van der Waals surface area contributed by atoms with Crippen molar-refractivity contribution in [3.63, 3.8) is 0 Å². The van der Waals surface area contributed by atoms with E-state index in [4.69, 9.17) is 9.47 Å². The molecule has 1 N–H and O–H groups in total. The lowest BCUT2D eigenvalue weighted by Gasteiger charge is -2.29. The molecule has 1 aromatic carbocycles. The average molecular weight is 303 g/mol. The first-order valence-electron chi connectivity index (χ1n) is 7.53. The maximum atomic E-state index is 5.91. The van der Waals surface area contributed by atoms with Gasteiger partial charge < -0.3 is 14.8 Å². The number of hydrogen-bond acceptors (Lipinski definition) is 5. The van der Waals surface area contributed by atoms with Gasteiger partial charge in [-0.2, -0.15) is 5.10 Å². The van der Waals surface area contributed by atoms with Gasteiger partial charge in [-0.3, -0.25) is 0 Å². The molecular weight excluding hydrogens is 278 g/mol. The van der Waals surface area contributed by atoms with Crippen molar-refractivity contribution < 1.29 is 9.47 Å². The molecule has 0 saturated carbocycles. The second-order valence-electron chi connectivity index (χ2n) is 4.55. The van der Waals surface area contributed by atoms with Gasteiger partial charge in [0, 0.05) is 19.8 Å². The Morgan fingerprint density at radius 3 is 2.82 bits per heavy atom. The van der Waals surface area contributed by atoms with E-state index < -0.39 is 0 Å². The Morgan fingerprint density at radius 2 is 2.18 bits per heavy atom. The summed E-state index contributed by atoms with van der Waals surface area (Å²) in [5, 5.41) is 10.5. The summed E-state index contributed by atoms with van der Waals surface area (Å²) in [5.41, 5.74) is 1.07. The van der Waals surface area contributed by atoms with E-state index in [9.17, 15) is 0 Å². The Balaban J connectivity index is 0.00000116. The van der Waals surface area contributed by atoms with Gasteiger partial charge in [-0.05, 0) is 30.7 Å². The fourth-order valence-corrected chi connectivity index (χ4v) is 2.06.